The molecule has 1 unspecified atom stereocenters. The molecule has 24 heavy (non-hydrogen) atoms. The normalized spacial score (nSPS) is 11.6. The number of nitro groups is 1. The van der Waals surface area contributed by atoms with Gasteiger partial charge < -0.3 is 20.4 Å². The quantitative estimate of drug-likeness (QED) is 0.410. The molecule has 2 rings (SSSR count). The maximum absolute atomic E-state index is 11.8. The first-order valence-corrected chi connectivity index (χ1v) is 7.54. The van der Waals surface area contributed by atoms with Crippen LogP contribution in [0.3, 0.4) is 0 Å². The highest BCUT2D eigenvalue weighted by molar-refractivity contribution is 5.74. The van der Waals surface area contributed by atoms with Gasteiger partial charge in [-0.3, -0.25) is 10.1 Å². The molecule has 1 atom stereocenters. The average molecular weight is 332 g/mol. The van der Waals surface area contributed by atoms with Crippen LogP contribution in [0, 0.1) is 17.0 Å². The van der Waals surface area contributed by atoms with Crippen LogP contribution in [0.1, 0.15) is 24.5 Å². The van der Waals surface area contributed by atoms with Crippen LogP contribution in [0.5, 0.6) is 0 Å². The van der Waals surface area contributed by atoms with Crippen molar-refractivity contribution in [2.75, 3.05) is 18.4 Å². The third kappa shape index (κ3) is 5.01. The van der Waals surface area contributed by atoms with E-state index in [4.69, 9.17) is 4.42 Å². The van der Waals surface area contributed by atoms with E-state index in [-0.39, 0.29) is 17.8 Å². The highest BCUT2D eigenvalue weighted by Crippen LogP contribution is 2.16. The largest absolute Gasteiger partial charge is 0.464 e. The summed E-state index contributed by atoms with van der Waals surface area (Å²) in [4.78, 5) is 21.9. The molecule has 2 amide bonds. The zero-order valence-corrected chi connectivity index (χ0v) is 13.5. The molecule has 0 radical (unpaired) electrons. The Hall–Kier alpha value is -3.03. The second-order valence-electron chi connectivity index (χ2n) is 5.30. The number of nitrogens with one attached hydrogen (secondary N) is 3. The fourth-order valence-electron chi connectivity index (χ4n) is 2.09. The molecule has 0 saturated carbocycles. The predicted molar refractivity (Wildman–Crippen MR) is 90.0 cm³/mol. The molecular weight excluding hydrogens is 312 g/mol. The van der Waals surface area contributed by atoms with Crippen LogP contribution in [0.2, 0.25) is 0 Å². The summed E-state index contributed by atoms with van der Waals surface area (Å²) >= 11 is 0. The topological polar surface area (TPSA) is 109 Å². The van der Waals surface area contributed by atoms with Crippen LogP contribution >= 0.6 is 0 Å². The van der Waals surface area contributed by atoms with Crippen LogP contribution in [-0.2, 0) is 0 Å². The van der Waals surface area contributed by atoms with E-state index in [1.807, 2.05) is 26.0 Å². The molecule has 8 heteroatoms. The smallest absolute Gasteiger partial charge is 0.315 e. The van der Waals surface area contributed by atoms with Crippen LogP contribution < -0.4 is 16.0 Å². The van der Waals surface area contributed by atoms with Crippen molar-refractivity contribution in [1.82, 2.24) is 10.6 Å². The van der Waals surface area contributed by atoms with Gasteiger partial charge in [0.1, 0.15) is 11.5 Å². The zero-order valence-electron chi connectivity index (χ0n) is 13.5. The molecule has 2 aromatic rings. The minimum atomic E-state index is -0.447. The maximum atomic E-state index is 11.8. The van der Waals surface area contributed by atoms with E-state index in [1.165, 1.54) is 12.1 Å². The standard InChI is InChI=1S/C16H20N4O4/c1-11-3-8-15(24-11)12(2)19-16(21)18-10-9-17-13-4-6-14(7-5-13)20(22)23/h3-8,12,17H,9-10H2,1-2H3,(H2,18,19,21). The molecule has 0 aliphatic carbocycles. The number of carbonyl (C=O) groups is 1. The summed E-state index contributed by atoms with van der Waals surface area (Å²) in [5.74, 6) is 1.50. The summed E-state index contributed by atoms with van der Waals surface area (Å²) in [6.45, 7) is 4.60. The lowest BCUT2D eigenvalue weighted by atomic mass is 10.2. The van der Waals surface area contributed by atoms with E-state index >= 15 is 0 Å². The maximum Gasteiger partial charge on any atom is 0.315 e. The average Bonchev–Trinajstić information content (AvgIpc) is 2.98. The molecule has 0 fully saturated rings. The van der Waals surface area contributed by atoms with Crippen molar-refractivity contribution in [2.24, 2.45) is 0 Å². The summed E-state index contributed by atoms with van der Waals surface area (Å²) < 4.78 is 5.45. The number of non-ortho nitro benzene ring substituents is 1. The van der Waals surface area contributed by atoms with Gasteiger partial charge in [-0.1, -0.05) is 0 Å². The number of rotatable bonds is 7. The molecule has 0 bridgehead atoms. The summed E-state index contributed by atoms with van der Waals surface area (Å²) in [6, 6.07) is 9.27. The Morgan fingerprint density at radius 1 is 1.21 bits per heavy atom. The van der Waals surface area contributed by atoms with E-state index in [0.717, 1.165) is 11.4 Å². The first-order chi connectivity index (χ1) is 11.5. The molecule has 0 saturated heterocycles. The second-order valence-corrected chi connectivity index (χ2v) is 5.30. The fourth-order valence-corrected chi connectivity index (χ4v) is 2.09. The van der Waals surface area contributed by atoms with Gasteiger partial charge in [0.15, 0.2) is 0 Å². The summed E-state index contributed by atoms with van der Waals surface area (Å²) in [5, 5.41) is 19.1. The molecule has 1 aromatic heterocycles. The molecule has 0 aliphatic heterocycles. The molecule has 0 spiro atoms. The van der Waals surface area contributed by atoms with Crippen molar-refractivity contribution < 1.29 is 14.1 Å². The van der Waals surface area contributed by atoms with E-state index < -0.39 is 4.92 Å². The van der Waals surface area contributed by atoms with E-state index in [2.05, 4.69) is 16.0 Å². The molecular formula is C16H20N4O4. The Morgan fingerprint density at radius 2 is 1.92 bits per heavy atom. The van der Waals surface area contributed by atoms with Crippen molar-refractivity contribution in [3.05, 3.63) is 58.0 Å². The Morgan fingerprint density at radius 3 is 2.50 bits per heavy atom. The number of anilines is 1. The highest BCUT2D eigenvalue weighted by Gasteiger charge is 2.12. The molecule has 1 heterocycles. The van der Waals surface area contributed by atoms with Gasteiger partial charge in [0.2, 0.25) is 0 Å². The molecule has 128 valence electrons. The third-order valence-electron chi connectivity index (χ3n) is 3.35. The Kier molecular flexibility index (Phi) is 5.78. The first-order valence-electron chi connectivity index (χ1n) is 7.54. The number of aryl methyl sites for hydroxylation is 1. The van der Waals surface area contributed by atoms with Crippen LogP contribution in [0.15, 0.2) is 40.8 Å². The number of nitro benzene ring substituents is 1. The van der Waals surface area contributed by atoms with Gasteiger partial charge in [-0.05, 0) is 38.1 Å². The van der Waals surface area contributed by atoms with Crippen molar-refractivity contribution in [2.45, 2.75) is 19.9 Å². The Labute approximate surface area is 139 Å². The lowest BCUT2D eigenvalue weighted by Crippen LogP contribution is -2.39. The van der Waals surface area contributed by atoms with Crippen LogP contribution in [0.4, 0.5) is 16.2 Å². The number of amides is 2. The van der Waals surface area contributed by atoms with Gasteiger partial charge in [-0.15, -0.1) is 0 Å². The van der Waals surface area contributed by atoms with Crippen molar-refractivity contribution in [1.29, 1.82) is 0 Å². The third-order valence-corrected chi connectivity index (χ3v) is 3.35. The van der Waals surface area contributed by atoms with Gasteiger partial charge in [-0.25, -0.2) is 4.79 Å². The fraction of sp³-hybridized carbons (Fsp3) is 0.312. The zero-order chi connectivity index (χ0) is 17.5. The highest BCUT2D eigenvalue weighted by atomic mass is 16.6. The molecule has 0 aliphatic rings. The van der Waals surface area contributed by atoms with Crippen molar-refractivity contribution >= 4 is 17.4 Å². The number of hydrogen-bond acceptors (Lipinski definition) is 5. The van der Waals surface area contributed by atoms with E-state index in [1.54, 1.807) is 12.1 Å². The van der Waals surface area contributed by atoms with Crippen LogP contribution in [-0.4, -0.2) is 24.0 Å². The molecule has 1 aromatic carbocycles. The lowest BCUT2D eigenvalue weighted by molar-refractivity contribution is -0.384. The van der Waals surface area contributed by atoms with Crippen LogP contribution in [0.25, 0.3) is 0 Å². The van der Waals surface area contributed by atoms with Gasteiger partial charge in [0, 0.05) is 30.9 Å². The van der Waals surface area contributed by atoms with Gasteiger partial charge >= 0.3 is 6.03 Å². The van der Waals surface area contributed by atoms with Gasteiger partial charge in [-0.2, -0.15) is 0 Å². The Bertz CT molecular complexity index is 696. The summed E-state index contributed by atoms with van der Waals surface area (Å²) in [7, 11) is 0. The number of urea groups is 1. The van der Waals surface area contributed by atoms with Gasteiger partial charge in [0.25, 0.3) is 5.69 Å². The number of carbonyl (C=O) groups excluding carboxylic acids is 1. The second kappa shape index (κ2) is 8.00. The number of furan rings is 1. The minimum Gasteiger partial charge on any atom is -0.464 e. The Balaban J connectivity index is 1.68. The molecule has 8 nitrogen and oxygen atoms in total. The van der Waals surface area contributed by atoms with Crippen molar-refractivity contribution in [3.8, 4) is 0 Å². The SMILES string of the molecule is Cc1ccc(C(C)NC(=O)NCCNc2ccc([N+](=O)[O-])cc2)o1. The monoisotopic (exact) mass is 332 g/mol. The number of nitrogens with zero attached hydrogens (tertiary/aromatic N) is 1. The summed E-state index contributed by atoms with van der Waals surface area (Å²) in [5.41, 5.74) is 0.794. The van der Waals surface area contributed by atoms with Crippen molar-refractivity contribution in [3.63, 3.8) is 0 Å². The summed E-state index contributed by atoms with van der Waals surface area (Å²) in [6.07, 6.45) is 0. The lowest BCUT2D eigenvalue weighted by Gasteiger charge is -2.13. The molecule has 3 N–H and O–H groups in total. The van der Waals surface area contributed by atoms with E-state index in [9.17, 15) is 14.9 Å². The first kappa shape index (κ1) is 17.3. The van der Waals surface area contributed by atoms with Gasteiger partial charge in [0.05, 0.1) is 11.0 Å². The number of hydrogen-bond donors (Lipinski definition) is 3. The number of benzene rings is 1. The van der Waals surface area contributed by atoms with E-state index in [0.29, 0.717) is 18.8 Å². The predicted octanol–water partition coefficient (Wildman–Crippen LogP) is 2.97. The minimum absolute atomic E-state index is 0.0419.